The van der Waals surface area contributed by atoms with Crippen molar-refractivity contribution < 1.29 is 33.5 Å². The van der Waals surface area contributed by atoms with Crippen LogP contribution in [0.15, 0.2) is 0 Å². The van der Waals surface area contributed by atoms with E-state index in [0.29, 0.717) is 13.0 Å². The van der Waals surface area contributed by atoms with Crippen LogP contribution in [0.5, 0.6) is 0 Å². The van der Waals surface area contributed by atoms with Gasteiger partial charge in [-0.2, -0.15) is 0 Å². The van der Waals surface area contributed by atoms with Gasteiger partial charge in [0.1, 0.15) is 30.5 Å². The normalized spacial score (nSPS) is 48.5. The van der Waals surface area contributed by atoms with E-state index < -0.39 is 17.9 Å². The molecule has 2 saturated carbocycles. The van der Waals surface area contributed by atoms with Gasteiger partial charge in [0, 0.05) is 32.1 Å². The van der Waals surface area contributed by atoms with E-state index in [4.69, 9.17) is 28.4 Å². The molecule has 0 aromatic rings. The molecule has 6 fully saturated rings. The summed E-state index contributed by atoms with van der Waals surface area (Å²) < 4.78 is 38.5. The summed E-state index contributed by atoms with van der Waals surface area (Å²) in [5.41, 5.74) is 0. The van der Waals surface area contributed by atoms with Gasteiger partial charge in [-0.1, -0.05) is 12.8 Å². The Bertz CT molecular complexity index is 600. The van der Waals surface area contributed by atoms with Crippen LogP contribution in [0.2, 0.25) is 0 Å². The lowest BCUT2D eigenvalue weighted by Crippen LogP contribution is -2.62. The van der Waals surface area contributed by atoms with Crippen LogP contribution >= 0.6 is 0 Å². The first-order valence-corrected chi connectivity index (χ1v) is 11.8. The fourth-order valence-corrected chi connectivity index (χ4v) is 6.41. The van der Waals surface area contributed by atoms with Crippen molar-refractivity contribution in [3.05, 3.63) is 0 Å². The maximum Gasteiger partial charge on any atom is 0.169 e. The van der Waals surface area contributed by atoms with E-state index in [9.17, 15) is 5.11 Å². The summed E-state index contributed by atoms with van der Waals surface area (Å²) in [6.07, 6.45) is 10.2. The summed E-state index contributed by atoms with van der Waals surface area (Å²) in [5.74, 6) is -0.961. The molecule has 0 radical (unpaired) electrons. The number of ether oxygens (including phenoxy) is 6. The predicted octanol–water partition coefficient (Wildman–Crippen LogP) is 2.77. The Balaban J connectivity index is 1.25. The van der Waals surface area contributed by atoms with Crippen molar-refractivity contribution in [3.8, 4) is 0 Å². The highest BCUT2D eigenvalue weighted by atomic mass is 16.8. The molecule has 0 amide bonds. The lowest BCUT2D eigenvalue weighted by molar-refractivity contribution is -0.289. The molecular formula is C22H34O7. The van der Waals surface area contributed by atoms with E-state index in [1.54, 1.807) is 0 Å². The third-order valence-corrected chi connectivity index (χ3v) is 7.86. The molecule has 2 spiro atoms. The first-order chi connectivity index (χ1) is 14.2. The Labute approximate surface area is 172 Å². The third kappa shape index (κ3) is 3.37. The van der Waals surface area contributed by atoms with Crippen LogP contribution in [0.4, 0.5) is 0 Å². The summed E-state index contributed by atoms with van der Waals surface area (Å²) in [4.78, 5) is 0. The molecule has 7 nitrogen and oxygen atoms in total. The summed E-state index contributed by atoms with van der Waals surface area (Å²) in [5, 5.41) is 10.1. The number of aliphatic hydroxyl groups is 1. The van der Waals surface area contributed by atoms with Crippen molar-refractivity contribution in [2.75, 3.05) is 6.61 Å². The van der Waals surface area contributed by atoms with E-state index in [-0.39, 0.29) is 36.6 Å². The fraction of sp³-hybridized carbons (Fsp3) is 1.00. The summed E-state index contributed by atoms with van der Waals surface area (Å²) in [6.45, 7) is 0.547. The Morgan fingerprint density at radius 1 is 0.586 bits per heavy atom. The maximum absolute atomic E-state index is 10.1. The van der Waals surface area contributed by atoms with E-state index in [0.717, 1.165) is 57.8 Å². The van der Waals surface area contributed by atoms with Gasteiger partial charge in [-0.3, -0.25) is 0 Å². The van der Waals surface area contributed by atoms with Crippen LogP contribution in [0.25, 0.3) is 0 Å². The van der Waals surface area contributed by atoms with Crippen molar-refractivity contribution in [1.29, 1.82) is 0 Å². The maximum atomic E-state index is 10.1. The zero-order valence-corrected chi connectivity index (χ0v) is 17.1. The minimum Gasteiger partial charge on any atom is -0.368 e. The predicted molar refractivity (Wildman–Crippen MR) is 101 cm³/mol. The number of hydrogen-bond donors (Lipinski definition) is 1. The summed E-state index contributed by atoms with van der Waals surface area (Å²) >= 11 is 0. The van der Waals surface area contributed by atoms with Gasteiger partial charge in [-0.25, -0.2) is 0 Å². The molecule has 6 aliphatic rings. The smallest absolute Gasteiger partial charge is 0.169 e. The first kappa shape index (κ1) is 19.4. The fourth-order valence-electron chi connectivity index (χ4n) is 6.41. The van der Waals surface area contributed by atoms with Gasteiger partial charge in [-0.15, -0.1) is 0 Å². The van der Waals surface area contributed by atoms with Gasteiger partial charge in [0.15, 0.2) is 17.9 Å². The minimum atomic E-state index is -0.750. The second-order valence-corrected chi connectivity index (χ2v) is 9.85. The Hall–Kier alpha value is -0.280. The van der Waals surface area contributed by atoms with E-state index in [1.165, 1.54) is 12.8 Å². The quantitative estimate of drug-likeness (QED) is 0.712. The van der Waals surface area contributed by atoms with E-state index in [1.807, 2.05) is 0 Å². The molecule has 0 aromatic heterocycles. The molecule has 6 rings (SSSR count). The van der Waals surface area contributed by atoms with Crippen molar-refractivity contribution in [2.45, 2.75) is 132 Å². The zero-order valence-electron chi connectivity index (χ0n) is 17.1. The van der Waals surface area contributed by atoms with E-state index in [2.05, 4.69) is 0 Å². The molecule has 1 N–H and O–H groups in total. The molecule has 0 aromatic carbocycles. The second-order valence-electron chi connectivity index (χ2n) is 9.85. The van der Waals surface area contributed by atoms with Crippen LogP contribution in [0.3, 0.4) is 0 Å². The average molecular weight is 411 g/mol. The Kier molecular flexibility index (Phi) is 4.95. The zero-order chi connectivity index (χ0) is 19.5. The van der Waals surface area contributed by atoms with Crippen LogP contribution < -0.4 is 0 Å². The highest BCUT2D eigenvalue weighted by molar-refractivity contribution is 5.05. The molecule has 4 heterocycles. The molecule has 2 aliphatic carbocycles. The average Bonchev–Trinajstić information content (AvgIpc) is 3.31. The molecule has 7 atom stereocenters. The number of aliphatic hydroxyl groups excluding tert-OH is 1. The number of hydrogen-bond acceptors (Lipinski definition) is 7. The number of rotatable bonds is 1. The summed E-state index contributed by atoms with van der Waals surface area (Å²) in [7, 11) is 0. The highest BCUT2D eigenvalue weighted by Gasteiger charge is 2.62. The number of fused-ring (bicyclic) bond motifs is 3. The molecule has 1 unspecified atom stereocenters. The third-order valence-electron chi connectivity index (χ3n) is 7.86. The van der Waals surface area contributed by atoms with Crippen LogP contribution in [-0.4, -0.2) is 66.2 Å². The topological polar surface area (TPSA) is 75.6 Å². The van der Waals surface area contributed by atoms with Gasteiger partial charge in [0.2, 0.25) is 0 Å². The van der Waals surface area contributed by atoms with Crippen molar-refractivity contribution in [2.24, 2.45) is 0 Å². The Morgan fingerprint density at radius 2 is 1.21 bits per heavy atom. The largest absolute Gasteiger partial charge is 0.368 e. The molecule has 164 valence electrons. The van der Waals surface area contributed by atoms with Gasteiger partial charge in [0.05, 0.1) is 12.7 Å². The first-order valence-electron chi connectivity index (χ1n) is 11.8. The van der Waals surface area contributed by atoms with Crippen LogP contribution in [-0.2, 0) is 28.4 Å². The minimum absolute atomic E-state index is 0.0986. The Morgan fingerprint density at radius 3 is 1.90 bits per heavy atom. The van der Waals surface area contributed by atoms with Gasteiger partial charge < -0.3 is 33.5 Å². The standard InChI is InChI=1S/C22H34O7/c23-16-8-7-14-17(26-16)19-20(29-22(28-19)11-5-2-6-12-22)18(25-14)15-13-24-21(27-15)9-3-1-4-10-21/h14-20,23H,1-13H2/t14-,15+,16?,17-,18-,19-,20+/m0/s1. The second kappa shape index (κ2) is 7.40. The molecule has 7 heteroatoms. The molecule has 4 aliphatic heterocycles. The molecular weight excluding hydrogens is 376 g/mol. The van der Waals surface area contributed by atoms with Gasteiger partial charge >= 0.3 is 0 Å². The van der Waals surface area contributed by atoms with E-state index >= 15 is 0 Å². The molecule has 4 saturated heterocycles. The molecule has 29 heavy (non-hydrogen) atoms. The lowest BCUT2D eigenvalue weighted by atomic mass is 9.89. The summed E-state index contributed by atoms with van der Waals surface area (Å²) in [6, 6.07) is 0. The molecule has 0 bridgehead atoms. The van der Waals surface area contributed by atoms with Crippen molar-refractivity contribution in [1.82, 2.24) is 0 Å². The van der Waals surface area contributed by atoms with Gasteiger partial charge in [0.25, 0.3) is 0 Å². The van der Waals surface area contributed by atoms with Crippen LogP contribution in [0.1, 0.15) is 77.0 Å². The van der Waals surface area contributed by atoms with Gasteiger partial charge in [-0.05, 0) is 32.1 Å². The SMILES string of the molecule is OC1CC[C@@H]2O[C@@H]([C@H]3COC4(CCCCC4)O3)[C@H]3OC4(CCCCC4)O[C@H]3[C@H]2O1. The van der Waals surface area contributed by atoms with Crippen LogP contribution in [0, 0.1) is 0 Å². The monoisotopic (exact) mass is 410 g/mol. The van der Waals surface area contributed by atoms with Crippen molar-refractivity contribution in [3.63, 3.8) is 0 Å². The lowest BCUT2D eigenvalue weighted by Gasteiger charge is -2.46. The highest BCUT2D eigenvalue weighted by Crippen LogP contribution is 2.49. The van der Waals surface area contributed by atoms with Crippen molar-refractivity contribution >= 4 is 0 Å².